The normalized spacial score (nSPS) is 35.3. The van der Waals surface area contributed by atoms with Crippen molar-refractivity contribution in [2.24, 2.45) is 0 Å². The molecule has 0 aromatic carbocycles. The minimum atomic E-state index is -1.22. The molecule has 1 aliphatic heterocycles. The summed E-state index contributed by atoms with van der Waals surface area (Å²) in [6.07, 6.45) is -2.06. The Hall–Kier alpha value is -0.680. The van der Waals surface area contributed by atoms with Crippen molar-refractivity contribution in [3.8, 4) is 0 Å². The van der Waals surface area contributed by atoms with E-state index in [-0.39, 0.29) is 6.54 Å². The standard InChI is InChI=1S/C7H12FNO3/c1-2-12-6-4(8)3-9-5(6)7(10)11/h4-6,9H,2-3H2,1H3,(H,10,11)/t4-,5-,6+/m0/s1. The highest BCUT2D eigenvalue weighted by Crippen LogP contribution is 2.15. The van der Waals surface area contributed by atoms with Gasteiger partial charge in [-0.15, -0.1) is 0 Å². The van der Waals surface area contributed by atoms with Crippen LogP contribution in [0.3, 0.4) is 0 Å². The van der Waals surface area contributed by atoms with Gasteiger partial charge in [-0.1, -0.05) is 0 Å². The molecular formula is C7H12FNO3. The van der Waals surface area contributed by atoms with E-state index in [1.165, 1.54) is 0 Å². The lowest BCUT2D eigenvalue weighted by Crippen LogP contribution is -2.41. The zero-order chi connectivity index (χ0) is 9.14. The van der Waals surface area contributed by atoms with E-state index in [4.69, 9.17) is 9.84 Å². The number of ether oxygens (including phenoxy) is 1. The Labute approximate surface area is 69.7 Å². The molecule has 4 nitrogen and oxygen atoms in total. The van der Waals surface area contributed by atoms with Crippen molar-refractivity contribution in [2.45, 2.75) is 25.2 Å². The molecule has 1 heterocycles. The molecular weight excluding hydrogens is 165 g/mol. The molecule has 0 aliphatic carbocycles. The maximum Gasteiger partial charge on any atom is 0.323 e. The minimum Gasteiger partial charge on any atom is -0.480 e. The summed E-state index contributed by atoms with van der Waals surface area (Å²) in [5.74, 6) is -1.06. The van der Waals surface area contributed by atoms with Crippen LogP contribution in [0, 0.1) is 0 Å². The summed E-state index contributed by atoms with van der Waals surface area (Å²) in [5.41, 5.74) is 0. The first-order valence-corrected chi connectivity index (χ1v) is 3.88. The molecule has 0 aromatic heterocycles. The molecule has 2 N–H and O–H groups in total. The summed E-state index contributed by atoms with van der Waals surface area (Å²) < 4.78 is 17.9. The van der Waals surface area contributed by atoms with E-state index in [9.17, 15) is 9.18 Å². The first kappa shape index (κ1) is 9.41. The maximum absolute atomic E-state index is 12.9. The number of carbonyl (C=O) groups is 1. The van der Waals surface area contributed by atoms with Crippen LogP contribution < -0.4 is 5.32 Å². The van der Waals surface area contributed by atoms with E-state index in [0.29, 0.717) is 6.61 Å². The summed E-state index contributed by atoms with van der Waals surface area (Å²) in [7, 11) is 0. The smallest absolute Gasteiger partial charge is 0.323 e. The van der Waals surface area contributed by atoms with Crippen LogP contribution >= 0.6 is 0 Å². The summed E-state index contributed by atoms with van der Waals surface area (Å²) in [6.45, 7) is 2.10. The van der Waals surface area contributed by atoms with Gasteiger partial charge in [0.1, 0.15) is 18.3 Å². The molecule has 0 aromatic rings. The summed E-state index contributed by atoms with van der Waals surface area (Å²) in [6, 6.07) is -0.903. The van der Waals surface area contributed by atoms with Crippen LogP contribution in [0.4, 0.5) is 4.39 Å². The van der Waals surface area contributed by atoms with Gasteiger partial charge in [0.2, 0.25) is 0 Å². The van der Waals surface area contributed by atoms with Crippen LogP contribution in [-0.2, 0) is 9.53 Å². The third kappa shape index (κ3) is 1.73. The SMILES string of the molecule is CCO[C@H]1[C@@H](C(=O)O)NC[C@@H]1F. The number of halogens is 1. The Morgan fingerprint density at radius 3 is 3.00 bits per heavy atom. The molecule has 12 heavy (non-hydrogen) atoms. The summed E-state index contributed by atoms with van der Waals surface area (Å²) in [5, 5.41) is 11.2. The van der Waals surface area contributed by atoms with Crippen LogP contribution in [-0.4, -0.2) is 42.5 Å². The quantitative estimate of drug-likeness (QED) is 0.626. The molecule has 0 bridgehead atoms. The fourth-order valence-corrected chi connectivity index (χ4v) is 1.30. The van der Waals surface area contributed by atoms with Crippen molar-refractivity contribution in [3.63, 3.8) is 0 Å². The predicted octanol–water partition coefficient (Wildman–Crippen LogP) is -0.214. The van der Waals surface area contributed by atoms with Crippen molar-refractivity contribution in [1.29, 1.82) is 0 Å². The first-order chi connectivity index (χ1) is 5.66. The highest BCUT2D eigenvalue weighted by atomic mass is 19.1. The van der Waals surface area contributed by atoms with Gasteiger partial charge in [0, 0.05) is 13.2 Å². The second-order valence-electron chi connectivity index (χ2n) is 2.66. The van der Waals surface area contributed by atoms with E-state index in [2.05, 4.69) is 5.32 Å². The molecule has 0 saturated carbocycles. The number of nitrogens with one attached hydrogen (secondary N) is 1. The summed E-state index contributed by atoms with van der Waals surface area (Å²) in [4.78, 5) is 10.5. The van der Waals surface area contributed by atoms with Crippen molar-refractivity contribution >= 4 is 5.97 Å². The molecule has 0 spiro atoms. The number of alkyl halides is 1. The minimum absolute atomic E-state index is 0.0572. The number of hydrogen-bond acceptors (Lipinski definition) is 3. The Balaban J connectivity index is 2.57. The van der Waals surface area contributed by atoms with Crippen LogP contribution in [0.25, 0.3) is 0 Å². The highest BCUT2D eigenvalue weighted by Gasteiger charge is 2.41. The fraction of sp³-hybridized carbons (Fsp3) is 0.857. The van der Waals surface area contributed by atoms with Gasteiger partial charge in [-0.25, -0.2) is 4.39 Å². The van der Waals surface area contributed by atoms with Crippen molar-refractivity contribution in [3.05, 3.63) is 0 Å². The van der Waals surface area contributed by atoms with Crippen molar-refractivity contribution in [2.75, 3.05) is 13.2 Å². The average molecular weight is 177 g/mol. The van der Waals surface area contributed by atoms with Crippen LogP contribution in [0.1, 0.15) is 6.92 Å². The maximum atomic E-state index is 12.9. The van der Waals surface area contributed by atoms with Gasteiger partial charge in [-0.3, -0.25) is 10.1 Å². The highest BCUT2D eigenvalue weighted by molar-refractivity contribution is 5.75. The Morgan fingerprint density at radius 1 is 1.83 bits per heavy atom. The fourth-order valence-electron chi connectivity index (χ4n) is 1.30. The molecule has 1 saturated heterocycles. The number of rotatable bonds is 3. The molecule has 0 unspecified atom stereocenters. The van der Waals surface area contributed by atoms with Crippen LogP contribution in [0.5, 0.6) is 0 Å². The number of carboxylic acids is 1. The molecule has 0 amide bonds. The van der Waals surface area contributed by atoms with Crippen molar-refractivity contribution < 1.29 is 19.0 Å². The predicted molar refractivity (Wildman–Crippen MR) is 39.7 cm³/mol. The Kier molecular flexibility index (Phi) is 2.99. The number of carboxylic acid groups (broad SMARTS) is 1. The molecule has 1 fully saturated rings. The monoisotopic (exact) mass is 177 g/mol. The topological polar surface area (TPSA) is 58.6 Å². The Morgan fingerprint density at radius 2 is 2.50 bits per heavy atom. The molecule has 70 valence electrons. The molecule has 0 radical (unpaired) electrons. The van der Waals surface area contributed by atoms with Gasteiger partial charge < -0.3 is 9.84 Å². The number of hydrogen-bond donors (Lipinski definition) is 2. The van der Waals surface area contributed by atoms with Gasteiger partial charge in [-0.2, -0.15) is 0 Å². The van der Waals surface area contributed by atoms with E-state index in [1.807, 2.05) is 0 Å². The second kappa shape index (κ2) is 3.82. The van der Waals surface area contributed by atoms with Gasteiger partial charge in [0.15, 0.2) is 0 Å². The molecule has 3 atom stereocenters. The lowest BCUT2D eigenvalue weighted by molar-refractivity contribution is -0.143. The van der Waals surface area contributed by atoms with E-state index in [0.717, 1.165) is 0 Å². The largest absolute Gasteiger partial charge is 0.480 e. The van der Waals surface area contributed by atoms with Crippen LogP contribution in [0.15, 0.2) is 0 Å². The zero-order valence-electron chi connectivity index (χ0n) is 6.79. The first-order valence-electron chi connectivity index (χ1n) is 3.88. The van der Waals surface area contributed by atoms with Crippen LogP contribution in [0.2, 0.25) is 0 Å². The third-order valence-electron chi connectivity index (χ3n) is 1.84. The number of aliphatic carboxylic acids is 1. The Bertz CT molecular complexity index is 176. The molecule has 1 rings (SSSR count). The van der Waals surface area contributed by atoms with Gasteiger partial charge in [0.05, 0.1) is 0 Å². The zero-order valence-corrected chi connectivity index (χ0v) is 6.79. The second-order valence-corrected chi connectivity index (χ2v) is 2.66. The van der Waals surface area contributed by atoms with Gasteiger partial charge in [-0.05, 0) is 6.92 Å². The van der Waals surface area contributed by atoms with E-state index in [1.54, 1.807) is 6.92 Å². The average Bonchev–Trinajstić information content (AvgIpc) is 2.34. The third-order valence-corrected chi connectivity index (χ3v) is 1.84. The summed E-state index contributed by atoms with van der Waals surface area (Å²) >= 11 is 0. The van der Waals surface area contributed by atoms with Crippen molar-refractivity contribution in [1.82, 2.24) is 5.32 Å². The lowest BCUT2D eigenvalue weighted by Gasteiger charge is -2.16. The molecule has 5 heteroatoms. The van der Waals surface area contributed by atoms with Gasteiger partial charge >= 0.3 is 5.97 Å². The lowest BCUT2D eigenvalue weighted by atomic mass is 10.1. The van der Waals surface area contributed by atoms with Gasteiger partial charge in [0.25, 0.3) is 0 Å². The molecule has 1 aliphatic rings. The van der Waals surface area contributed by atoms with E-state index < -0.39 is 24.3 Å². The van der Waals surface area contributed by atoms with E-state index >= 15 is 0 Å².